The molecule has 0 radical (unpaired) electrons. The molecule has 0 aliphatic rings. The molecule has 6 heteroatoms. The van der Waals surface area contributed by atoms with Gasteiger partial charge < -0.3 is 10.6 Å². The highest BCUT2D eigenvalue weighted by molar-refractivity contribution is 6.40. The summed E-state index contributed by atoms with van der Waals surface area (Å²) in [6, 6.07) is 6.71. The van der Waals surface area contributed by atoms with Crippen molar-refractivity contribution in [2.75, 3.05) is 17.2 Å². The largest absolute Gasteiger partial charge is 0.380 e. The van der Waals surface area contributed by atoms with Crippen LogP contribution in [-0.2, 0) is 0 Å². The van der Waals surface area contributed by atoms with Gasteiger partial charge in [-0.1, -0.05) is 35.3 Å². The molecule has 4 nitrogen and oxygen atoms in total. The molecule has 0 saturated carbocycles. The number of para-hydroxylation sites is 1. The van der Waals surface area contributed by atoms with Gasteiger partial charge >= 0.3 is 0 Å². The molecule has 108 valence electrons. The first-order valence-electron chi connectivity index (χ1n) is 6.17. The molecular weight excluding hydrogens is 309 g/mol. The number of carbonyl (C=O) groups is 1. The normalized spacial score (nSPS) is 10.0. The van der Waals surface area contributed by atoms with Crippen molar-refractivity contribution < 1.29 is 4.79 Å². The zero-order valence-corrected chi connectivity index (χ0v) is 12.6. The maximum atomic E-state index is 12.2. The van der Waals surface area contributed by atoms with Crippen LogP contribution in [0, 0.1) is 0 Å². The van der Waals surface area contributed by atoms with E-state index in [-0.39, 0.29) is 5.91 Å². The van der Waals surface area contributed by atoms with Crippen LogP contribution in [0.1, 0.15) is 10.4 Å². The topological polar surface area (TPSA) is 54.0 Å². The number of nitrogens with one attached hydrogen (secondary N) is 2. The lowest BCUT2D eigenvalue weighted by Crippen LogP contribution is -2.13. The summed E-state index contributed by atoms with van der Waals surface area (Å²) in [5.74, 6) is -0.334. The third kappa shape index (κ3) is 3.97. The molecule has 2 aromatic rings. The van der Waals surface area contributed by atoms with E-state index in [4.69, 9.17) is 23.2 Å². The minimum absolute atomic E-state index is 0.334. The molecule has 0 atom stereocenters. The molecule has 1 heterocycles. The van der Waals surface area contributed by atoms with Crippen molar-refractivity contribution in [3.63, 3.8) is 0 Å². The molecule has 0 bridgehead atoms. The van der Waals surface area contributed by atoms with Crippen LogP contribution in [0.4, 0.5) is 11.4 Å². The molecule has 0 aliphatic heterocycles. The number of nitrogens with zero attached hydrogens (tertiary/aromatic N) is 1. The van der Waals surface area contributed by atoms with Gasteiger partial charge in [0, 0.05) is 18.9 Å². The zero-order chi connectivity index (χ0) is 15.2. The lowest BCUT2D eigenvalue weighted by atomic mass is 10.2. The Kier molecular flexibility index (Phi) is 5.20. The first-order valence-corrected chi connectivity index (χ1v) is 6.92. The van der Waals surface area contributed by atoms with Gasteiger partial charge in [-0.2, -0.15) is 0 Å². The van der Waals surface area contributed by atoms with Gasteiger partial charge in [0.15, 0.2) is 0 Å². The van der Waals surface area contributed by atoms with Crippen molar-refractivity contribution in [1.82, 2.24) is 4.98 Å². The van der Waals surface area contributed by atoms with Gasteiger partial charge in [-0.05, 0) is 18.2 Å². The number of halogens is 2. The summed E-state index contributed by atoms with van der Waals surface area (Å²) in [5, 5.41) is 6.51. The first kappa shape index (κ1) is 15.4. The number of anilines is 2. The molecule has 1 aromatic carbocycles. The van der Waals surface area contributed by atoms with Gasteiger partial charge in [0.05, 0.1) is 27.0 Å². The SMILES string of the molecule is C=CCNc1cncc(C(=O)Nc2c(Cl)cccc2Cl)c1. The number of carbonyl (C=O) groups excluding carboxylic acids is 1. The summed E-state index contributed by atoms with van der Waals surface area (Å²) in [6.07, 6.45) is 4.82. The Labute approximate surface area is 132 Å². The molecule has 1 aromatic heterocycles. The van der Waals surface area contributed by atoms with E-state index in [2.05, 4.69) is 22.2 Å². The van der Waals surface area contributed by atoms with E-state index in [1.165, 1.54) is 6.20 Å². The second-order valence-electron chi connectivity index (χ2n) is 4.18. The van der Waals surface area contributed by atoms with Gasteiger partial charge in [-0.3, -0.25) is 9.78 Å². The lowest BCUT2D eigenvalue weighted by Gasteiger charge is -2.10. The number of hydrogen-bond acceptors (Lipinski definition) is 3. The van der Waals surface area contributed by atoms with Crippen molar-refractivity contribution >= 4 is 40.5 Å². The highest BCUT2D eigenvalue weighted by Gasteiger charge is 2.12. The fraction of sp³-hybridized carbons (Fsp3) is 0.0667. The van der Waals surface area contributed by atoms with E-state index >= 15 is 0 Å². The summed E-state index contributed by atoms with van der Waals surface area (Å²) >= 11 is 12.0. The van der Waals surface area contributed by atoms with Crippen LogP contribution in [0.25, 0.3) is 0 Å². The summed E-state index contributed by atoms with van der Waals surface area (Å²) < 4.78 is 0. The molecule has 0 saturated heterocycles. The molecule has 0 unspecified atom stereocenters. The first-order chi connectivity index (χ1) is 10.1. The van der Waals surface area contributed by atoms with Gasteiger partial charge in [0.2, 0.25) is 0 Å². The molecular formula is C15H13Cl2N3O. The van der Waals surface area contributed by atoms with Crippen molar-refractivity contribution in [3.05, 3.63) is 64.9 Å². The fourth-order valence-electron chi connectivity index (χ4n) is 1.65. The number of pyridine rings is 1. The quantitative estimate of drug-likeness (QED) is 0.810. The standard InChI is InChI=1S/C15H13Cl2N3O/c1-2-6-19-11-7-10(8-18-9-11)15(21)20-14-12(16)4-3-5-13(14)17/h2-5,7-9,19H,1,6H2,(H,20,21). The van der Waals surface area contributed by atoms with Crippen LogP contribution < -0.4 is 10.6 Å². The summed E-state index contributed by atoms with van der Waals surface area (Å²) in [4.78, 5) is 16.2. The highest BCUT2D eigenvalue weighted by Crippen LogP contribution is 2.30. The Morgan fingerprint density at radius 2 is 2.00 bits per heavy atom. The van der Waals surface area contributed by atoms with E-state index < -0.39 is 0 Å². The van der Waals surface area contributed by atoms with Crippen LogP contribution in [-0.4, -0.2) is 17.4 Å². The maximum absolute atomic E-state index is 12.2. The van der Waals surface area contributed by atoms with E-state index in [1.54, 1.807) is 36.5 Å². The molecule has 2 rings (SSSR count). The Morgan fingerprint density at radius 1 is 1.29 bits per heavy atom. The van der Waals surface area contributed by atoms with Crippen LogP contribution in [0.3, 0.4) is 0 Å². The minimum atomic E-state index is -0.334. The molecule has 1 amide bonds. The van der Waals surface area contributed by atoms with Gasteiger partial charge in [-0.25, -0.2) is 0 Å². The highest BCUT2D eigenvalue weighted by atomic mass is 35.5. The smallest absolute Gasteiger partial charge is 0.257 e. The van der Waals surface area contributed by atoms with E-state index in [1.807, 2.05) is 0 Å². The molecule has 0 aliphatic carbocycles. The van der Waals surface area contributed by atoms with Crippen LogP contribution in [0.15, 0.2) is 49.3 Å². The number of aromatic nitrogens is 1. The monoisotopic (exact) mass is 321 g/mol. The van der Waals surface area contributed by atoms with Crippen molar-refractivity contribution in [2.24, 2.45) is 0 Å². The molecule has 21 heavy (non-hydrogen) atoms. The second kappa shape index (κ2) is 7.11. The number of hydrogen-bond donors (Lipinski definition) is 2. The number of benzene rings is 1. The maximum Gasteiger partial charge on any atom is 0.257 e. The summed E-state index contributed by atoms with van der Waals surface area (Å²) in [6.45, 7) is 4.20. The third-order valence-corrected chi connectivity index (χ3v) is 3.28. The van der Waals surface area contributed by atoms with Gasteiger partial charge in [-0.15, -0.1) is 6.58 Å². The van der Waals surface area contributed by atoms with Crippen LogP contribution in [0.2, 0.25) is 10.0 Å². The summed E-state index contributed by atoms with van der Waals surface area (Å²) in [5.41, 5.74) is 1.52. The Bertz CT molecular complexity index is 653. The predicted octanol–water partition coefficient (Wildman–Crippen LogP) is 4.24. The lowest BCUT2D eigenvalue weighted by molar-refractivity contribution is 0.102. The molecule has 2 N–H and O–H groups in total. The fourth-order valence-corrected chi connectivity index (χ4v) is 2.15. The van der Waals surface area contributed by atoms with E-state index in [0.717, 1.165) is 5.69 Å². The van der Waals surface area contributed by atoms with Crippen molar-refractivity contribution in [2.45, 2.75) is 0 Å². The number of rotatable bonds is 5. The number of amides is 1. The van der Waals surface area contributed by atoms with E-state index in [9.17, 15) is 4.79 Å². The zero-order valence-electron chi connectivity index (χ0n) is 11.1. The average Bonchev–Trinajstić information content (AvgIpc) is 2.49. The second-order valence-corrected chi connectivity index (χ2v) is 5.00. The Balaban J connectivity index is 2.18. The van der Waals surface area contributed by atoms with E-state index in [0.29, 0.717) is 27.8 Å². The third-order valence-electron chi connectivity index (χ3n) is 2.65. The average molecular weight is 322 g/mol. The summed E-state index contributed by atoms with van der Waals surface area (Å²) in [7, 11) is 0. The van der Waals surface area contributed by atoms with Gasteiger partial charge in [0.1, 0.15) is 0 Å². The van der Waals surface area contributed by atoms with Crippen LogP contribution in [0.5, 0.6) is 0 Å². The van der Waals surface area contributed by atoms with Crippen molar-refractivity contribution in [1.29, 1.82) is 0 Å². The molecule has 0 spiro atoms. The molecule has 0 fully saturated rings. The Morgan fingerprint density at radius 3 is 2.67 bits per heavy atom. The van der Waals surface area contributed by atoms with Gasteiger partial charge in [0.25, 0.3) is 5.91 Å². The van der Waals surface area contributed by atoms with Crippen LogP contribution >= 0.6 is 23.2 Å². The minimum Gasteiger partial charge on any atom is -0.380 e. The van der Waals surface area contributed by atoms with Crippen molar-refractivity contribution in [3.8, 4) is 0 Å². The predicted molar refractivity (Wildman–Crippen MR) is 87.3 cm³/mol. The Hall–Kier alpha value is -2.04.